The predicted octanol–water partition coefficient (Wildman–Crippen LogP) is 2.82. The fourth-order valence-corrected chi connectivity index (χ4v) is 3.58. The maximum Gasteiger partial charge on any atom is 0.227 e. The largest absolute Gasteiger partial charge is 0.485 e. The summed E-state index contributed by atoms with van der Waals surface area (Å²) >= 11 is 6.10. The quantitative estimate of drug-likeness (QED) is 0.807. The first kappa shape index (κ1) is 18.1. The second-order valence-corrected chi connectivity index (χ2v) is 7.75. The summed E-state index contributed by atoms with van der Waals surface area (Å²) in [6.07, 6.45) is 1.11. The highest BCUT2D eigenvalue weighted by Gasteiger charge is 2.38. The van der Waals surface area contributed by atoms with E-state index in [4.69, 9.17) is 16.3 Å². The topological polar surface area (TPSA) is 49.9 Å². The Kier molecular flexibility index (Phi) is 5.52. The first-order valence-electron chi connectivity index (χ1n) is 8.91. The number of amides is 2. The summed E-state index contributed by atoms with van der Waals surface area (Å²) in [5.74, 6) is 1.29. The first-order chi connectivity index (χ1) is 11.9. The number of ether oxygens (including phenoxy) is 1. The van der Waals surface area contributed by atoms with Gasteiger partial charge in [0, 0.05) is 19.5 Å². The molecule has 2 fully saturated rings. The van der Waals surface area contributed by atoms with Crippen LogP contribution in [0.15, 0.2) is 24.3 Å². The molecule has 5 nitrogen and oxygen atoms in total. The lowest BCUT2D eigenvalue weighted by Gasteiger charge is -2.42. The molecule has 0 bridgehead atoms. The van der Waals surface area contributed by atoms with Crippen molar-refractivity contribution < 1.29 is 14.3 Å². The zero-order valence-corrected chi connectivity index (χ0v) is 15.5. The number of halogens is 1. The van der Waals surface area contributed by atoms with Crippen LogP contribution in [0.3, 0.4) is 0 Å². The third kappa shape index (κ3) is 4.27. The van der Waals surface area contributed by atoms with E-state index in [0.29, 0.717) is 49.2 Å². The number of benzene rings is 1. The highest BCUT2D eigenvalue weighted by molar-refractivity contribution is 6.32. The lowest BCUT2D eigenvalue weighted by atomic mass is 9.94. The molecule has 1 aromatic rings. The van der Waals surface area contributed by atoms with Gasteiger partial charge in [-0.05, 0) is 24.5 Å². The summed E-state index contributed by atoms with van der Waals surface area (Å²) in [5, 5.41) is 0.586. The molecule has 0 saturated carbocycles. The molecular formula is C19H25ClN2O3. The summed E-state index contributed by atoms with van der Waals surface area (Å²) < 4.78 is 5.85. The molecule has 2 aliphatic heterocycles. The normalized spacial score (nSPS) is 21.4. The minimum atomic E-state index is -0.0855. The Morgan fingerprint density at radius 2 is 2.00 bits per heavy atom. The highest BCUT2D eigenvalue weighted by atomic mass is 35.5. The van der Waals surface area contributed by atoms with Crippen molar-refractivity contribution in [2.24, 2.45) is 11.8 Å². The van der Waals surface area contributed by atoms with Gasteiger partial charge in [0.15, 0.2) is 0 Å². The van der Waals surface area contributed by atoms with Crippen molar-refractivity contribution in [2.75, 3.05) is 26.2 Å². The van der Waals surface area contributed by atoms with Crippen LogP contribution in [0.25, 0.3) is 0 Å². The van der Waals surface area contributed by atoms with Crippen molar-refractivity contribution >= 4 is 23.4 Å². The van der Waals surface area contributed by atoms with Crippen molar-refractivity contribution in [2.45, 2.75) is 32.8 Å². The van der Waals surface area contributed by atoms with E-state index in [1.54, 1.807) is 6.07 Å². The Hall–Kier alpha value is -1.75. The molecule has 2 heterocycles. The van der Waals surface area contributed by atoms with E-state index >= 15 is 0 Å². The number of nitrogens with zero attached hydrogens (tertiary/aromatic N) is 2. The smallest absolute Gasteiger partial charge is 0.227 e. The van der Waals surface area contributed by atoms with Gasteiger partial charge in [-0.15, -0.1) is 0 Å². The highest BCUT2D eigenvalue weighted by Crippen LogP contribution is 2.28. The van der Waals surface area contributed by atoms with E-state index < -0.39 is 0 Å². The Morgan fingerprint density at radius 1 is 1.28 bits per heavy atom. The van der Waals surface area contributed by atoms with Gasteiger partial charge in [-0.2, -0.15) is 0 Å². The number of rotatable bonds is 5. The van der Waals surface area contributed by atoms with E-state index in [1.165, 1.54) is 0 Å². The van der Waals surface area contributed by atoms with E-state index in [-0.39, 0.29) is 23.8 Å². The number of likely N-dealkylation sites (tertiary alicyclic amines) is 2. The van der Waals surface area contributed by atoms with Gasteiger partial charge in [0.25, 0.3) is 0 Å². The fraction of sp³-hybridized carbons (Fsp3) is 0.579. The molecule has 1 aromatic carbocycles. The third-order valence-corrected chi connectivity index (χ3v) is 5.04. The summed E-state index contributed by atoms with van der Waals surface area (Å²) in [4.78, 5) is 28.4. The molecule has 0 N–H and O–H groups in total. The van der Waals surface area contributed by atoms with Crippen molar-refractivity contribution in [3.8, 4) is 5.75 Å². The molecule has 2 aliphatic rings. The molecule has 25 heavy (non-hydrogen) atoms. The van der Waals surface area contributed by atoms with Gasteiger partial charge < -0.3 is 14.5 Å². The minimum Gasteiger partial charge on any atom is -0.485 e. The standard InChI is InChI=1S/C19H25ClN2O3/c1-13(2)9-21-10-14(7-8-18(21)23)19(24)22-11-15(12-22)25-17-6-4-3-5-16(17)20/h3-6,13-15H,7-12H2,1-2H3/t14-/m1/s1. The summed E-state index contributed by atoms with van der Waals surface area (Å²) in [7, 11) is 0. The molecule has 0 unspecified atom stereocenters. The monoisotopic (exact) mass is 364 g/mol. The zero-order chi connectivity index (χ0) is 18.0. The number of hydrogen-bond acceptors (Lipinski definition) is 3. The summed E-state index contributed by atoms with van der Waals surface area (Å²) in [6, 6.07) is 7.37. The molecule has 0 radical (unpaired) electrons. The van der Waals surface area contributed by atoms with Gasteiger partial charge in [0.2, 0.25) is 11.8 Å². The molecule has 6 heteroatoms. The minimum absolute atomic E-state index is 0.0131. The molecule has 136 valence electrons. The predicted molar refractivity (Wildman–Crippen MR) is 96.6 cm³/mol. The lowest BCUT2D eigenvalue weighted by Crippen LogP contribution is -2.59. The van der Waals surface area contributed by atoms with Crippen LogP contribution in [0.4, 0.5) is 0 Å². The van der Waals surface area contributed by atoms with Gasteiger partial charge in [-0.3, -0.25) is 9.59 Å². The maximum atomic E-state index is 12.7. The van der Waals surface area contributed by atoms with Gasteiger partial charge in [0.05, 0.1) is 24.0 Å². The summed E-state index contributed by atoms with van der Waals surface area (Å²) in [5.41, 5.74) is 0. The molecule has 1 atom stereocenters. The first-order valence-corrected chi connectivity index (χ1v) is 9.29. The fourth-order valence-electron chi connectivity index (χ4n) is 3.40. The molecule has 0 aliphatic carbocycles. The average molecular weight is 365 g/mol. The maximum absolute atomic E-state index is 12.7. The van der Waals surface area contributed by atoms with Crippen LogP contribution < -0.4 is 4.74 Å². The SMILES string of the molecule is CC(C)CN1C[C@H](C(=O)N2CC(Oc3ccccc3Cl)C2)CCC1=O. The van der Waals surface area contributed by atoms with Crippen LogP contribution in [0.1, 0.15) is 26.7 Å². The van der Waals surface area contributed by atoms with Crippen LogP contribution in [-0.2, 0) is 9.59 Å². The number of carbonyl (C=O) groups is 2. The van der Waals surface area contributed by atoms with E-state index in [9.17, 15) is 9.59 Å². The van der Waals surface area contributed by atoms with Gasteiger partial charge in [-0.1, -0.05) is 37.6 Å². The third-order valence-electron chi connectivity index (χ3n) is 4.72. The Morgan fingerprint density at radius 3 is 2.68 bits per heavy atom. The van der Waals surface area contributed by atoms with Crippen LogP contribution in [-0.4, -0.2) is 53.9 Å². The molecule has 0 spiro atoms. The van der Waals surface area contributed by atoms with E-state index in [0.717, 1.165) is 6.54 Å². The zero-order valence-electron chi connectivity index (χ0n) is 14.8. The number of hydrogen-bond donors (Lipinski definition) is 0. The van der Waals surface area contributed by atoms with Crippen LogP contribution in [0.2, 0.25) is 5.02 Å². The van der Waals surface area contributed by atoms with Gasteiger partial charge >= 0.3 is 0 Å². The molecular weight excluding hydrogens is 340 g/mol. The van der Waals surface area contributed by atoms with Crippen LogP contribution in [0, 0.1) is 11.8 Å². The second kappa shape index (κ2) is 7.65. The second-order valence-electron chi connectivity index (χ2n) is 7.34. The molecule has 0 aromatic heterocycles. The van der Waals surface area contributed by atoms with Crippen molar-refractivity contribution in [3.05, 3.63) is 29.3 Å². The van der Waals surface area contributed by atoms with Gasteiger partial charge in [-0.25, -0.2) is 0 Å². The average Bonchev–Trinajstić information content (AvgIpc) is 2.53. The van der Waals surface area contributed by atoms with Crippen molar-refractivity contribution in [1.29, 1.82) is 0 Å². The lowest BCUT2D eigenvalue weighted by molar-refractivity contribution is -0.149. The Labute approximate surface area is 153 Å². The van der Waals surface area contributed by atoms with Gasteiger partial charge in [0.1, 0.15) is 11.9 Å². The van der Waals surface area contributed by atoms with E-state index in [1.807, 2.05) is 28.0 Å². The van der Waals surface area contributed by atoms with Crippen molar-refractivity contribution in [1.82, 2.24) is 9.80 Å². The molecule has 3 rings (SSSR count). The number of para-hydroxylation sites is 1. The number of piperidine rings is 1. The van der Waals surface area contributed by atoms with Crippen molar-refractivity contribution in [3.63, 3.8) is 0 Å². The Bertz CT molecular complexity index is 643. The number of carbonyl (C=O) groups excluding carboxylic acids is 2. The van der Waals surface area contributed by atoms with Crippen LogP contribution >= 0.6 is 11.6 Å². The van der Waals surface area contributed by atoms with Crippen LogP contribution in [0.5, 0.6) is 5.75 Å². The molecule has 2 amide bonds. The van der Waals surface area contributed by atoms with E-state index in [2.05, 4.69) is 13.8 Å². The summed E-state index contributed by atoms with van der Waals surface area (Å²) in [6.45, 7) is 6.61. The molecule has 2 saturated heterocycles. The Balaban J connectivity index is 1.50.